The first kappa shape index (κ1) is 14.7. The highest BCUT2D eigenvalue weighted by atomic mass is 16.2. The van der Waals surface area contributed by atoms with E-state index >= 15 is 0 Å². The molecule has 1 fully saturated rings. The van der Waals surface area contributed by atoms with Crippen LogP contribution in [0.1, 0.15) is 12.0 Å². The van der Waals surface area contributed by atoms with Crippen molar-refractivity contribution in [3.8, 4) is 0 Å². The summed E-state index contributed by atoms with van der Waals surface area (Å²) in [4.78, 5) is 20.3. The van der Waals surface area contributed by atoms with Crippen molar-refractivity contribution in [2.45, 2.75) is 19.0 Å². The van der Waals surface area contributed by atoms with Gasteiger partial charge in [0.15, 0.2) is 0 Å². The Morgan fingerprint density at radius 2 is 2.40 bits per heavy atom. The van der Waals surface area contributed by atoms with Crippen molar-refractivity contribution >= 4 is 11.7 Å². The molecule has 1 amide bonds. The van der Waals surface area contributed by atoms with Gasteiger partial charge in [0, 0.05) is 37.4 Å². The molecule has 1 aromatic rings. The lowest BCUT2D eigenvalue weighted by Crippen LogP contribution is -2.38. The zero-order valence-electron chi connectivity index (χ0n) is 12.2. The molecular weight excluding hydrogens is 254 g/mol. The van der Waals surface area contributed by atoms with E-state index in [1.54, 1.807) is 6.20 Å². The molecule has 1 saturated heterocycles. The Kier molecular flexibility index (Phi) is 4.92. The van der Waals surface area contributed by atoms with Gasteiger partial charge in [-0.15, -0.1) is 0 Å². The molecule has 0 unspecified atom stereocenters. The van der Waals surface area contributed by atoms with E-state index in [-0.39, 0.29) is 5.91 Å². The SMILES string of the molecule is CN(C)[C@H]1CCN(CC(=O)NCc2cccnc2N)C1. The minimum atomic E-state index is 0.0349. The van der Waals surface area contributed by atoms with Crippen LogP contribution in [-0.4, -0.2) is 60.5 Å². The second-order valence-corrected chi connectivity index (χ2v) is 5.47. The van der Waals surface area contributed by atoms with Crippen LogP contribution in [0.4, 0.5) is 5.82 Å². The number of pyridine rings is 1. The molecule has 0 aromatic carbocycles. The number of rotatable bonds is 5. The summed E-state index contributed by atoms with van der Waals surface area (Å²) in [5, 5.41) is 2.90. The summed E-state index contributed by atoms with van der Waals surface area (Å²) < 4.78 is 0. The van der Waals surface area contributed by atoms with E-state index in [0.717, 1.165) is 25.1 Å². The molecule has 0 saturated carbocycles. The lowest BCUT2D eigenvalue weighted by Gasteiger charge is -2.20. The zero-order valence-corrected chi connectivity index (χ0v) is 12.2. The minimum absolute atomic E-state index is 0.0349. The van der Waals surface area contributed by atoms with Gasteiger partial charge < -0.3 is 16.0 Å². The summed E-state index contributed by atoms with van der Waals surface area (Å²) in [6.07, 6.45) is 2.77. The zero-order chi connectivity index (χ0) is 14.5. The molecule has 3 N–H and O–H groups in total. The minimum Gasteiger partial charge on any atom is -0.383 e. The third kappa shape index (κ3) is 3.91. The maximum atomic E-state index is 11.9. The van der Waals surface area contributed by atoms with Gasteiger partial charge in [0.25, 0.3) is 0 Å². The number of hydrogen-bond donors (Lipinski definition) is 2. The van der Waals surface area contributed by atoms with Crippen molar-refractivity contribution in [3.05, 3.63) is 23.9 Å². The maximum absolute atomic E-state index is 11.9. The fourth-order valence-electron chi connectivity index (χ4n) is 2.43. The van der Waals surface area contributed by atoms with Crippen molar-refractivity contribution < 1.29 is 4.79 Å². The van der Waals surface area contributed by atoms with Crippen LogP contribution in [-0.2, 0) is 11.3 Å². The predicted octanol–water partition coefficient (Wildman–Crippen LogP) is -0.0841. The van der Waals surface area contributed by atoms with Crippen LogP contribution in [0.2, 0.25) is 0 Å². The maximum Gasteiger partial charge on any atom is 0.234 e. The van der Waals surface area contributed by atoms with Crippen molar-refractivity contribution in [3.63, 3.8) is 0 Å². The number of nitrogens with one attached hydrogen (secondary N) is 1. The first-order valence-corrected chi connectivity index (χ1v) is 6.91. The molecular formula is C14H23N5O. The van der Waals surface area contributed by atoms with Crippen LogP contribution in [0.3, 0.4) is 0 Å². The number of nitrogen functional groups attached to an aromatic ring is 1. The Labute approximate surface area is 120 Å². The van der Waals surface area contributed by atoms with Crippen LogP contribution < -0.4 is 11.1 Å². The summed E-state index contributed by atoms with van der Waals surface area (Å²) in [5.74, 6) is 0.509. The second kappa shape index (κ2) is 6.67. The standard InChI is InChI=1S/C14H23N5O/c1-18(2)12-5-7-19(9-12)10-13(20)17-8-11-4-3-6-16-14(11)15/h3-4,6,12H,5,7-10H2,1-2H3,(H2,15,16)(H,17,20)/t12-/m0/s1. The lowest BCUT2D eigenvalue weighted by molar-refractivity contribution is -0.122. The number of aromatic nitrogens is 1. The molecule has 1 aliphatic heterocycles. The molecule has 110 valence electrons. The van der Waals surface area contributed by atoms with Gasteiger partial charge in [-0.2, -0.15) is 0 Å². The van der Waals surface area contributed by atoms with Crippen LogP contribution in [0.15, 0.2) is 18.3 Å². The van der Waals surface area contributed by atoms with E-state index in [4.69, 9.17) is 5.73 Å². The number of amides is 1. The van der Waals surface area contributed by atoms with Crippen LogP contribution in [0.25, 0.3) is 0 Å². The molecule has 6 nitrogen and oxygen atoms in total. The van der Waals surface area contributed by atoms with Crippen LogP contribution in [0.5, 0.6) is 0 Å². The van der Waals surface area contributed by atoms with Gasteiger partial charge in [-0.05, 0) is 26.6 Å². The molecule has 1 aliphatic rings. The van der Waals surface area contributed by atoms with E-state index in [2.05, 4.69) is 34.2 Å². The molecule has 2 rings (SSSR count). The quantitative estimate of drug-likeness (QED) is 0.787. The molecule has 1 aromatic heterocycles. The highest BCUT2D eigenvalue weighted by Gasteiger charge is 2.25. The van der Waals surface area contributed by atoms with Crippen molar-refractivity contribution in [2.75, 3.05) is 39.5 Å². The van der Waals surface area contributed by atoms with E-state index < -0.39 is 0 Å². The van der Waals surface area contributed by atoms with E-state index in [1.165, 1.54) is 0 Å². The Morgan fingerprint density at radius 3 is 3.05 bits per heavy atom. The Hall–Kier alpha value is -1.66. The fourth-order valence-corrected chi connectivity index (χ4v) is 2.43. The second-order valence-electron chi connectivity index (χ2n) is 5.47. The molecule has 1 atom stereocenters. The number of hydrogen-bond acceptors (Lipinski definition) is 5. The van der Waals surface area contributed by atoms with Crippen LogP contribution in [0, 0.1) is 0 Å². The average Bonchev–Trinajstić information content (AvgIpc) is 2.86. The number of anilines is 1. The van der Waals surface area contributed by atoms with Gasteiger partial charge in [0.1, 0.15) is 5.82 Å². The van der Waals surface area contributed by atoms with E-state index in [9.17, 15) is 4.79 Å². The monoisotopic (exact) mass is 277 g/mol. The number of nitrogens with zero attached hydrogens (tertiary/aromatic N) is 3. The number of likely N-dealkylation sites (tertiary alicyclic amines) is 1. The number of likely N-dealkylation sites (N-methyl/N-ethyl adjacent to an activating group) is 1. The molecule has 0 aliphatic carbocycles. The molecule has 0 radical (unpaired) electrons. The fraction of sp³-hybridized carbons (Fsp3) is 0.571. The summed E-state index contributed by atoms with van der Waals surface area (Å²) in [5.41, 5.74) is 6.60. The molecule has 0 spiro atoms. The largest absolute Gasteiger partial charge is 0.383 e. The van der Waals surface area contributed by atoms with Crippen LogP contribution >= 0.6 is 0 Å². The van der Waals surface area contributed by atoms with Gasteiger partial charge in [-0.25, -0.2) is 4.98 Å². The topological polar surface area (TPSA) is 74.5 Å². The smallest absolute Gasteiger partial charge is 0.234 e. The third-order valence-corrected chi connectivity index (χ3v) is 3.75. The lowest BCUT2D eigenvalue weighted by atomic mass is 10.2. The first-order valence-electron chi connectivity index (χ1n) is 6.91. The van der Waals surface area contributed by atoms with Gasteiger partial charge >= 0.3 is 0 Å². The van der Waals surface area contributed by atoms with Gasteiger partial charge in [0.05, 0.1) is 6.54 Å². The third-order valence-electron chi connectivity index (χ3n) is 3.75. The number of nitrogens with two attached hydrogens (primary N) is 1. The summed E-state index contributed by atoms with van der Waals surface area (Å²) >= 11 is 0. The van der Waals surface area contributed by atoms with Crippen molar-refractivity contribution in [1.82, 2.24) is 20.1 Å². The summed E-state index contributed by atoms with van der Waals surface area (Å²) in [7, 11) is 4.17. The normalized spacial score (nSPS) is 19.4. The molecule has 2 heterocycles. The van der Waals surface area contributed by atoms with Gasteiger partial charge in [0.2, 0.25) is 5.91 Å². The van der Waals surface area contributed by atoms with E-state index in [1.807, 2.05) is 12.1 Å². The van der Waals surface area contributed by atoms with Gasteiger partial charge in [-0.1, -0.05) is 6.07 Å². The molecule has 20 heavy (non-hydrogen) atoms. The van der Waals surface area contributed by atoms with E-state index in [0.29, 0.717) is 24.9 Å². The highest BCUT2D eigenvalue weighted by molar-refractivity contribution is 5.78. The molecule has 0 bridgehead atoms. The Bertz CT molecular complexity index is 463. The average molecular weight is 277 g/mol. The van der Waals surface area contributed by atoms with Crippen molar-refractivity contribution in [1.29, 1.82) is 0 Å². The molecule has 6 heteroatoms. The Balaban J connectivity index is 1.75. The van der Waals surface area contributed by atoms with Gasteiger partial charge in [-0.3, -0.25) is 9.69 Å². The van der Waals surface area contributed by atoms with Crippen molar-refractivity contribution in [2.24, 2.45) is 0 Å². The highest BCUT2D eigenvalue weighted by Crippen LogP contribution is 2.12. The summed E-state index contributed by atoms with van der Waals surface area (Å²) in [6, 6.07) is 4.25. The predicted molar refractivity (Wildman–Crippen MR) is 79.0 cm³/mol. The Morgan fingerprint density at radius 1 is 1.60 bits per heavy atom. The number of carbonyl (C=O) groups excluding carboxylic acids is 1. The first-order chi connectivity index (χ1) is 9.56. The summed E-state index contributed by atoms with van der Waals surface area (Å²) in [6.45, 7) is 2.81. The number of carbonyl (C=O) groups is 1.